The van der Waals surface area contributed by atoms with Crippen LogP contribution in [0.1, 0.15) is 43.0 Å². The van der Waals surface area contributed by atoms with Gasteiger partial charge >= 0.3 is 17.8 Å². The second-order valence-electron chi connectivity index (χ2n) is 7.17. The highest BCUT2D eigenvalue weighted by molar-refractivity contribution is 6.45. The third-order valence-corrected chi connectivity index (χ3v) is 5.49. The lowest BCUT2D eigenvalue weighted by molar-refractivity contribution is -0.144. The first-order valence-electron chi connectivity index (χ1n) is 9.33. The number of carbonyl (C=O) groups excluding carboxylic acids is 4. The minimum Gasteiger partial charge on any atom is -0.497 e. The molecule has 28 heavy (non-hydrogen) atoms. The first kappa shape index (κ1) is 19.9. The van der Waals surface area contributed by atoms with Crippen molar-refractivity contribution >= 4 is 23.6 Å². The van der Waals surface area contributed by atoms with Crippen LogP contribution in [0.2, 0.25) is 0 Å². The van der Waals surface area contributed by atoms with Crippen LogP contribution in [0.4, 0.5) is 4.79 Å². The number of nitrogens with zero attached hydrogens (tertiary/aromatic N) is 2. The van der Waals surface area contributed by atoms with Crippen molar-refractivity contribution in [3.8, 4) is 11.5 Å². The number of rotatable bonds is 6. The molecule has 1 aliphatic heterocycles. The van der Waals surface area contributed by atoms with Crippen LogP contribution in [0.3, 0.4) is 0 Å². The molecule has 1 saturated heterocycles. The van der Waals surface area contributed by atoms with Gasteiger partial charge in [-0.15, -0.1) is 0 Å². The molecule has 0 radical (unpaired) electrons. The fraction of sp³-hybridized carbons (Fsp3) is 0.500. The topological polar surface area (TPSA) is 93.2 Å². The summed E-state index contributed by atoms with van der Waals surface area (Å²) in [5, 5.41) is 0. The van der Waals surface area contributed by atoms with Crippen molar-refractivity contribution in [3.05, 3.63) is 23.8 Å². The van der Waals surface area contributed by atoms with E-state index in [2.05, 4.69) is 0 Å². The van der Waals surface area contributed by atoms with E-state index in [9.17, 15) is 19.2 Å². The van der Waals surface area contributed by atoms with E-state index < -0.39 is 30.2 Å². The normalized spacial score (nSPS) is 22.6. The van der Waals surface area contributed by atoms with Crippen LogP contribution in [0, 0.1) is 5.92 Å². The number of methoxy groups -OCH3 is 2. The van der Waals surface area contributed by atoms with Crippen LogP contribution in [0.5, 0.6) is 11.5 Å². The van der Waals surface area contributed by atoms with Crippen molar-refractivity contribution in [1.82, 2.24) is 9.80 Å². The summed E-state index contributed by atoms with van der Waals surface area (Å²) in [6, 6.07) is 3.67. The molecule has 1 heterocycles. The van der Waals surface area contributed by atoms with Gasteiger partial charge in [-0.1, -0.05) is 19.8 Å². The third-order valence-electron chi connectivity index (χ3n) is 5.49. The highest BCUT2D eigenvalue weighted by Crippen LogP contribution is 2.31. The molecule has 8 nitrogen and oxygen atoms in total. The number of carbonyl (C=O) groups is 4. The number of urea groups is 1. The Morgan fingerprint density at radius 3 is 2.43 bits per heavy atom. The standard InChI is InChI=1S/C20H24N2O6/c1-12-6-4-5-7-15(12)22-19(25)18(24)21(20(22)26)11-16(23)14-10-13(27-2)8-9-17(14)28-3/h8-10,12,15H,4-7,11H2,1-3H3/t12-,15+/m1/s1. The Bertz CT molecular complexity index is 821. The largest absolute Gasteiger partial charge is 0.497 e. The summed E-state index contributed by atoms with van der Waals surface area (Å²) in [6.07, 6.45) is 3.52. The Hall–Kier alpha value is -2.90. The SMILES string of the molecule is COc1ccc(OC)c(C(=O)CN2C(=O)C(=O)N([C@H]3CCCC[C@H]3C)C2=O)c1. The van der Waals surface area contributed by atoms with E-state index in [0.29, 0.717) is 17.9 Å². The fourth-order valence-corrected chi connectivity index (χ4v) is 3.90. The third kappa shape index (κ3) is 3.46. The minimum absolute atomic E-state index is 0.128. The van der Waals surface area contributed by atoms with Crippen molar-refractivity contribution in [3.63, 3.8) is 0 Å². The van der Waals surface area contributed by atoms with Crippen molar-refractivity contribution in [1.29, 1.82) is 0 Å². The molecule has 0 N–H and O–H groups in total. The van der Waals surface area contributed by atoms with Crippen LogP contribution in [0.15, 0.2) is 18.2 Å². The molecule has 3 rings (SSSR count). The summed E-state index contributed by atoms with van der Waals surface area (Å²) in [5.41, 5.74) is 0.180. The van der Waals surface area contributed by atoms with E-state index in [-0.39, 0.29) is 17.5 Å². The minimum atomic E-state index is -0.960. The quantitative estimate of drug-likeness (QED) is 0.422. The average molecular weight is 388 g/mol. The Morgan fingerprint density at radius 2 is 1.79 bits per heavy atom. The number of hydrogen-bond donors (Lipinski definition) is 0. The van der Waals surface area contributed by atoms with E-state index in [1.54, 1.807) is 12.1 Å². The summed E-state index contributed by atoms with van der Waals surface area (Å²) in [7, 11) is 2.88. The van der Waals surface area contributed by atoms with Gasteiger partial charge < -0.3 is 9.47 Å². The maximum absolute atomic E-state index is 12.8. The van der Waals surface area contributed by atoms with E-state index in [1.165, 1.54) is 20.3 Å². The van der Waals surface area contributed by atoms with Crippen LogP contribution < -0.4 is 9.47 Å². The summed E-state index contributed by atoms with van der Waals surface area (Å²) < 4.78 is 10.3. The molecule has 2 fully saturated rings. The molecule has 2 aliphatic rings. The number of imide groups is 2. The van der Waals surface area contributed by atoms with Crippen molar-refractivity contribution in [2.45, 2.75) is 38.6 Å². The predicted octanol–water partition coefficient (Wildman–Crippen LogP) is 2.26. The molecule has 1 aromatic carbocycles. The van der Waals surface area contributed by atoms with E-state index >= 15 is 0 Å². The molecule has 0 bridgehead atoms. The molecule has 0 aromatic heterocycles. The molecule has 150 valence electrons. The summed E-state index contributed by atoms with van der Waals surface area (Å²) in [6.45, 7) is 1.45. The average Bonchev–Trinajstić information content (AvgIpc) is 2.91. The van der Waals surface area contributed by atoms with E-state index in [4.69, 9.17) is 9.47 Å². The van der Waals surface area contributed by atoms with Gasteiger partial charge in [0.1, 0.15) is 11.5 Å². The van der Waals surface area contributed by atoms with Crippen LogP contribution in [0.25, 0.3) is 0 Å². The lowest BCUT2D eigenvalue weighted by Gasteiger charge is -2.34. The Kier molecular flexibility index (Phi) is 5.67. The lowest BCUT2D eigenvalue weighted by atomic mass is 9.85. The van der Waals surface area contributed by atoms with Gasteiger partial charge in [0, 0.05) is 6.04 Å². The fourth-order valence-electron chi connectivity index (χ4n) is 3.90. The van der Waals surface area contributed by atoms with Gasteiger partial charge in [-0.3, -0.25) is 19.3 Å². The molecule has 0 spiro atoms. The van der Waals surface area contributed by atoms with Crippen LogP contribution in [-0.4, -0.2) is 60.2 Å². The number of hydrogen-bond acceptors (Lipinski definition) is 6. The van der Waals surface area contributed by atoms with Gasteiger partial charge in [-0.2, -0.15) is 0 Å². The zero-order valence-electron chi connectivity index (χ0n) is 16.3. The molecule has 8 heteroatoms. The molecule has 4 amide bonds. The van der Waals surface area contributed by atoms with Gasteiger partial charge in [-0.25, -0.2) is 9.69 Å². The summed E-state index contributed by atoms with van der Waals surface area (Å²) in [4.78, 5) is 52.3. The highest BCUT2D eigenvalue weighted by Gasteiger charge is 2.49. The van der Waals surface area contributed by atoms with E-state index in [0.717, 1.165) is 29.1 Å². The maximum Gasteiger partial charge on any atom is 0.334 e. The van der Waals surface area contributed by atoms with Gasteiger partial charge in [-0.05, 0) is 37.0 Å². The van der Waals surface area contributed by atoms with Crippen molar-refractivity contribution in [2.24, 2.45) is 5.92 Å². The van der Waals surface area contributed by atoms with Gasteiger partial charge in [0.15, 0.2) is 5.78 Å². The summed E-state index contributed by atoms with van der Waals surface area (Å²) >= 11 is 0. The van der Waals surface area contributed by atoms with Crippen molar-refractivity contribution in [2.75, 3.05) is 20.8 Å². The predicted molar refractivity (Wildman–Crippen MR) is 99.3 cm³/mol. The van der Waals surface area contributed by atoms with Crippen LogP contribution in [-0.2, 0) is 9.59 Å². The van der Waals surface area contributed by atoms with Crippen LogP contribution >= 0.6 is 0 Å². The lowest BCUT2D eigenvalue weighted by Crippen LogP contribution is -2.46. The Morgan fingerprint density at radius 1 is 1.07 bits per heavy atom. The van der Waals surface area contributed by atoms with Gasteiger partial charge in [0.25, 0.3) is 0 Å². The molecule has 1 aromatic rings. The number of amides is 4. The second-order valence-corrected chi connectivity index (χ2v) is 7.17. The second kappa shape index (κ2) is 8.00. The Labute approximate surface area is 163 Å². The zero-order valence-corrected chi connectivity index (χ0v) is 16.3. The molecule has 1 saturated carbocycles. The molecule has 0 unspecified atom stereocenters. The molecular formula is C20H24N2O6. The van der Waals surface area contributed by atoms with Gasteiger partial charge in [0.2, 0.25) is 0 Å². The van der Waals surface area contributed by atoms with Crippen molar-refractivity contribution < 1.29 is 28.7 Å². The first-order chi connectivity index (χ1) is 13.4. The number of benzene rings is 1. The molecule has 2 atom stereocenters. The monoisotopic (exact) mass is 388 g/mol. The highest BCUT2D eigenvalue weighted by atomic mass is 16.5. The maximum atomic E-state index is 12.8. The molecular weight excluding hydrogens is 364 g/mol. The smallest absolute Gasteiger partial charge is 0.334 e. The van der Waals surface area contributed by atoms with E-state index in [1.807, 2.05) is 6.92 Å². The first-order valence-corrected chi connectivity index (χ1v) is 9.33. The summed E-state index contributed by atoms with van der Waals surface area (Å²) in [5.74, 6) is -1.45. The zero-order chi connectivity index (χ0) is 20.4. The number of ketones is 1. The molecule has 1 aliphatic carbocycles. The van der Waals surface area contributed by atoms with Gasteiger partial charge in [0.05, 0.1) is 26.3 Å². The Balaban J connectivity index is 1.82. The number of Topliss-reactive ketones (excluding diaryl/α,β-unsaturated/α-hetero) is 1. The number of ether oxygens (including phenoxy) is 2.